The number of nitrogens with two attached hydrogens (primary N) is 1. The first-order chi connectivity index (χ1) is 9.80. The highest BCUT2D eigenvalue weighted by atomic mass is 16.5. The van der Waals surface area contributed by atoms with Crippen molar-refractivity contribution in [2.45, 2.75) is 31.2 Å². The highest BCUT2D eigenvalue weighted by Crippen LogP contribution is 2.47. The van der Waals surface area contributed by atoms with Gasteiger partial charge in [0.05, 0.1) is 12.8 Å². The van der Waals surface area contributed by atoms with Crippen LogP contribution in [-0.4, -0.2) is 12.1 Å². The number of pyridine rings is 1. The number of methoxy groups -OCH3 is 1. The lowest BCUT2D eigenvalue weighted by Crippen LogP contribution is -2.20. The molecule has 0 spiro atoms. The van der Waals surface area contributed by atoms with E-state index < -0.39 is 0 Å². The van der Waals surface area contributed by atoms with Gasteiger partial charge in [-0.2, -0.15) is 0 Å². The molecule has 3 nitrogen and oxygen atoms in total. The Hall–Kier alpha value is -1.87. The zero-order chi connectivity index (χ0) is 13.9. The van der Waals surface area contributed by atoms with E-state index in [4.69, 9.17) is 10.5 Å². The van der Waals surface area contributed by atoms with Crippen LogP contribution in [0.3, 0.4) is 0 Å². The second-order valence-corrected chi connectivity index (χ2v) is 5.43. The molecule has 0 amide bonds. The van der Waals surface area contributed by atoms with Gasteiger partial charge in [-0.05, 0) is 60.1 Å². The number of ether oxygens (including phenoxy) is 1. The van der Waals surface area contributed by atoms with Crippen molar-refractivity contribution < 1.29 is 4.74 Å². The van der Waals surface area contributed by atoms with Crippen molar-refractivity contribution in [2.24, 2.45) is 5.73 Å². The van der Waals surface area contributed by atoms with E-state index in [-0.39, 0.29) is 0 Å². The molecule has 3 rings (SSSR count). The Morgan fingerprint density at radius 1 is 1.15 bits per heavy atom. The minimum absolute atomic E-state index is 0.514. The molecule has 0 aliphatic heterocycles. The first-order valence-corrected chi connectivity index (χ1v) is 7.09. The number of rotatable bonds is 4. The van der Waals surface area contributed by atoms with E-state index in [1.54, 1.807) is 7.11 Å². The van der Waals surface area contributed by atoms with Crippen molar-refractivity contribution in [1.82, 2.24) is 4.98 Å². The predicted octanol–water partition coefficient (Wildman–Crippen LogP) is 3.21. The lowest BCUT2D eigenvalue weighted by atomic mass is 9.68. The highest BCUT2D eigenvalue weighted by molar-refractivity contribution is 5.34. The minimum Gasteiger partial charge on any atom is -0.497 e. The summed E-state index contributed by atoms with van der Waals surface area (Å²) in [7, 11) is 1.72. The predicted molar refractivity (Wildman–Crippen MR) is 79.8 cm³/mol. The molecule has 1 heterocycles. The van der Waals surface area contributed by atoms with Crippen molar-refractivity contribution in [3.63, 3.8) is 0 Å². The first-order valence-electron chi connectivity index (χ1n) is 7.09. The first kappa shape index (κ1) is 13.1. The summed E-state index contributed by atoms with van der Waals surface area (Å²) in [4.78, 5) is 4.26. The smallest absolute Gasteiger partial charge is 0.119 e. The topological polar surface area (TPSA) is 48.1 Å². The van der Waals surface area contributed by atoms with Crippen LogP contribution in [0.15, 0.2) is 42.6 Å². The van der Waals surface area contributed by atoms with Crippen LogP contribution in [0.25, 0.3) is 0 Å². The number of nitrogens with zero attached hydrogens (tertiary/aromatic N) is 1. The highest BCUT2D eigenvalue weighted by Gasteiger charge is 2.31. The van der Waals surface area contributed by atoms with Gasteiger partial charge in [-0.15, -0.1) is 0 Å². The maximum atomic E-state index is 5.65. The summed E-state index contributed by atoms with van der Waals surface area (Å²) >= 11 is 0. The van der Waals surface area contributed by atoms with E-state index in [0.717, 1.165) is 11.4 Å². The van der Waals surface area contributed by atoms with Gasteiger partial charge < -0.3 is 10.5 Å². The summed E-state index contributed by atoms with van der Waals surface area (Å²) in [5.74, 6) is 2.23. The second kappa shape index (κ2) is 5.63. The Morgan fingerprint density at radius 3 is 2.60 bits per heavy atom. The molecule has 1 fully saturated rings. The lowest BCUT2D eigenvalue weighted by Gasteiger charge is -2.36. The van der Waals surface area contributed by atoms with Gasteiger partial charge in [0.1, 0.15) is 5.75 Å². The Kier molecular flexibility index (Phi) is 3.70. The molecular weight excluding hydrogens is 248 g/mol. The maximum absolute atomic E-state index is 5.65. The van der Waals surface area contributed by atoms with Crippen LogP contribution in [0.2, 0.25) is 0 Å². The third-order valence-corrected chi connectivity index (χ3v) is 4.22. The third kappa shape index (κ3) is 2.54. The summed E-state index contributed by atoms with van der Waals surface area (Å²) in [5.41, 5.74) is 9.39. The molecule has 0 saturated heterocycles. The van der Waals surface area contributed by atoms with Crippen LogP contribution in [0.1, 0.15) is 41.5 Å². The van der Waals surface area contributed by atoms with E-state index in [1.807, 2.05) is 12.3 Å². The van der Waals surface area contributed by atoms with E-state index in [9.17, 15) is 0 Å². The Bertz CT molecular complexity index is 540. The van der Waals surface area contributed by atoms with Crippen LogP contribution < -0.4 is 10.5 Å². The van der Waals surface area contributed by atoms with Gasteiger partial charge >= 0.3 is 0 Å². The number of hydrogen-bond donors (Lipinski definition) is 1. The van der Waals surface area contributed by atoms with E-state index in [0.29, 0.717) is 18.4 Å². The average molecular weight is 268 g/mol. The van der Waals surface area contributed by atoms with Crippen molar-refractivity contribution in [1.29, 1.82) is 0 Å². The largest absolute Gasteiger partial charge is 0.497 e. The summed E-state index contributed by atoms with van der Waals surface area (Å²) in [6.45, 7) is 0.514. The van der Waals surface area contributed by atoms with E-state index in [2.05, 4.69) is 35.3 Å². The van der Waals surface area contributed by atoms with Crippen molar-refractivity contribution in [3.05, 3.63) is 59.4 Å². The Labute approximate surface area is 119 Å². The molecule has 0 atom stereocenters. The molecule has 1 aromatic carbocycles. The van der Waals surface area contributed by atoms with Crippen molar-refractivity contribution >= 4 is 0 Å². The van der Waals surface area contributed by atoms with Crippen molar-refractivity contribution in [3.8, 4) is 5.75 Å². The van der Waals surface area contributed by atoms with Crippen LogP contribution in [0, 0.1) is 0 Å². The maximum Gasteiger partial charge on any atom is 0.119 e. The molecule has 1 aliphatic carbocycles. The van der Waals surface area contributed by atoms with E-state index in [1.165, 1.54) is 24.0 Å². The molecule has 2 aromatic rings. The SMILES string of the molecule is COc1cccc(C2CC(c3ccnc(CN)c3)C2)c1. The molecule has 104 valence electrons. The van der Waals surface area contributed by atoms with Gasteiger partial charge in [-0.1, -0.05) is 12.1 Å². The molecule has 3 heteroatoms. The second-order valence-electron chi connectivity index (χ2n) is 5.43. The zero-order valence-electron chi connectivity index (χ0n) is 11.8. The molecule has 1 saturated carbocycles. The fourth-order valence-corrected chi connectivity index (χ4v) is 2.92. The van der Waals surface area contributed by atoms with Gasteiger partial charge in [0.25, 0.3) is 0 Å². The van der Waals surface area contributed by atoms with E-state index >= 15 is 0 Å². The number of hydrogen-bond acceptors (Lipinski definition) is 3. The van der Waals surface area contributed by atoms with Crippen LogP contribution in [-0.2, 0) is 6.54 Å². The third-order valence-electron chi connectivity index (χ3n) is 4.22. The Balaban J connectivity index is 1.68. The van der Waals surface area contributed by atoms with Crippen LogP contribution in [0.4, 0.5) is 0 Å². The molecular formula is C17H20N2O. The van der Waals surface area contributed by atoms with Gasteiger partial charge in [0.2, 0.25) is 0 Å². The number of aromatic nitrogens is 1. The monoisotopic (exact) mass is 268 g/mol. The summed E-state index contributed by atoms with van der Waals surface area (Å²) < 4.78 is 5.29. The normalized spacial score (nSPS) is 21.3. The number of benzene rings is 1. The fourth-order valence-electron chi connectivity index (χ4n) is 2.92. The zero-order valence-corrected chi connectivity index (χ0v) is 11.8. The molecule has 0 unspecified atom stereocenters. The van der Waals surface area contributed by atoms with Gasteiger partial charge in [-0.25, -0.2) is 0 Å². The minimum atomic E-state index is 0.514. The molecule has 0 radical (unpaired) electrons. The van der Waals surface area contributed by atoms with Gasteiger partial charge in [0, 0.05) is 12.7 Å². The summed E-state index contributed by atoms with van der Waals surface area (Å²) in [6.07, 6.45) is 4.26. The van der Waals surface area contributed by atoms with Gasteiger partial charge in [0.15, 0.2) is 0 Å². The van der Waals surface area contributed by atoms with Gasteiger partial charge in [-0.3, -0.25) is 4.98 Å². The summed E-state index contributed by atoms with van der Waals surface area (Å²) in [5, 5.41) is 0. The Morgan fingerprint density at radius 2 is 1.90 bits per heavy atom. The molecule has 1 aliphatic rings. The quantitative estimate of drug-likeness (QED) is 0.926. The average Bonchev–Trinajstić information content (AvgIpc) is 2.46. The lowest BCUT2D eigenvalue weighted by molar-refractivity contribution is 0.348. The summed E-state index contributed by atoms with van der Waals surface area (Å²) in [6, 6.07) is 12.7. The molecule has 20 heavy (non-hydrogen) atoms. The standard InChI is InChI=1S/C17H20N2O/c1-20-17-4-2-3-12(10-17)14-7-15(8-14)13-5-6-19-16(9-13)11-18/h2-6,9-10,14-15H,7-8,11,18H2,1H3. The molecule has 2 N–H and O–H groups in total. The molecule has 0 bridgehead atoms. The van der Waals surface area contributed by atoms with Crippen LogP contribution in [0.5, 0.6) is 5.75 Å². The van der Waals surface area contributed by atoms with Crippen molar-refractivity contribution in [2.75, 3.05) is 7.11 Å². The van der Waals surface area contributed by atoms with Crippen LogP contribution >= 0.6 is 0 Å². The fraction of sp³-hybridized carbons (Fsp3) is 0.353. The molecule has 1 aromatic heterocycles.